The van der Waals surface area contributed by atoms with Gasteiger partial charge in [0.05, 0.1) is 30.6 Å². The van der Waals surface area contributed by atoms with E-state index in [1.54, 1.807) is 49.7 Å². The van der Waals surface area contributed by atoms with E-state index in [0.29, 0.717) is 30.1 Å². The standard InChI is InChI=1S/C22H20N4O3/c1-28-19-7-9-20(10-8-19)29-13-12-24-18-6-11-21(25-15-18)22(27)26-17-4-2-16(14-23)3-5-17/h2-11,15,24H,12-13H2,1H3,(H,26,27). The molecule has 0 fully saturated rings. The lowest BCUT2D eigenvalue weighted by Crippen LogP contribution is -2.15. The second-order valence-corrected chi connectivity index (χ2v) is 6.03. The van der Waals surface area contributed by atoms with Crippen LogP contribution in [0.25, 0.3) is 0 Å². The van der Waals surface area contributed by atoms with Crippen molar-refractivity contribution in [2.45, 2.75) is 0 Å². The van der Waals surface area contributed by atoms with E-state index >= 15 is 0 Å². The van der Waals surface area contributed by atoms with Crippen molar-refractivity contribution in [3.8, 4) is 17.6 Å². The van der Waals surface area contributed by atoms with Gasteiger partial charge in [-0.2, -0.15) is 5.26 Å². The molecule has 0 saturated heterocycles. The second kappa shape index (κ2) is 9.76. The number of nitrogens with one attached hydrogen (secondary N) is 2. The molecule has 3 aromatic rings. The molecular formula is C22H20N4O3. The van der Waals surface area contributed by atoms with Crippen LogP contribution in [0, 0.1) is 11.3 Å². The fraction of sp³-hybridized carbons (Fsp3) is 0.136. The number of benzene rings is 2. The van der Waals surface area contributed by atoms with E-state index in [1.807, 2.05) is 30.3 Å². The van der Waals surface area contributed by atoms with E-state index < -0.39 is 0 Å². The summed E-state index contributed by atoms with van der Waals surface area (Å²) in [5, 5.41) is 14.7. The molecule has 146 valence electrons. The Morgan fingerprint density at radius 2 is 1.69 bits per heavy atom. The fourth-order valence-electron chi connectivity index (χ4n) is 2.49. The van der Waals surface area contributed by atoms with E-state index in [0.717, 1.165) is 17.2 Å². The van der Waals surface area contributed by atoms with Crippen molar-refractivity contribution in [1.29, 1.82) is 5.26 Å². The van der Waals surface area contributed by atoms with Gasteiger partial charge in [-0.05, 0) is 60.7 Å². The second-order valence-electron chi connectivity index (χ2n) is 6.03. The van der Waals surface area contributed by atoms with Crippen LogP contribution in [0.1, 0.15) is 16.1 Å². The van der Waals surface area contributed by atoms with E-state index in [-0.39, 0.29) is 5.91 Å². The predicted molar refractivity (Wildman–Crippen MR) is 110 cm³/mol. The van der Waals surface area contributed by atoms with Gasteiger partial charge in [0.25, 0.3) is 5.91 Å². The molecule has 1 amide bonds. The Kier molecular flexibility index (Phi) is 6.63. The number of hydrogen-bond acceptors (Lipinski definition) is 6. The van der Waals surface area contributed by atoms with Crippen LogP contribution >= 0.6 is 0 Å². The van der Waals surface area contributed by atoms with Gasteiger partial charge in [-0.15, -0.1) is 0 Å². The van der Waals surface area contributed by atoms with Crippen LogP contribution in [-0.4, -0.2) is 31.2 Å². The van der Waals surface area contributed by atoms with E-state index in [1.165, 1.54) is 0 Å². The fourth-order valence-corrected chi connectivity index (χ4v) is 2.49. The highest BCUT2D eigenvalue weighted by molar-refractivity contribution is 6.02. The minimum atomic E-state index is -0.316. The summed E-state index contributed by atoms with van der Waals surface area (Å²) in [6.07, 6.45) is 1.60. The Morgan fingerprint density at radius 1 is 1.00 bits per heavy atom. The highest BCUT2D eigenvalue weighted by Gasteiger charge is 2.07. The number of nitriles is 1. The largest absolute Gasteiger partial charge is 0.497 e. The molecule has 0 atom stereocenters. The molecule has 7 heteroatoms. The summed E-state index contributed by atoms with van der Waals surface area (Å²) in [5.74, 6) is 1.23. The van der Waals surface area contributed by atoms with Crippen molar-refractivity contribution < 1.29 is 14.3 Å². The first kappa shape index (κ1) is 19.7. The van der Waals surface area contributed by atoms with Crippen molar-refractivity contribution in [3.63, 3.8) is 0 Å². The zero-order chi connectivity index (χ0) is 20.5. The number of pyridine rings is 1. The molecule has 0 unspecified atom stereocenters. The monoisotopic (exact) mass is 388 g/mol. The van der Waals surface area contributed by atoms with Crippen LogP contribution in [-0.2, 0) is 0 Å². The summed E-state index contributed by atoms with van der Waals surface area (Å²) < 4.78 is 10.8. The summed E-state index contributed by atoms with van der Waals surface area (Å²) in [6.45, 7) is 1.07. The molecular weight excluding hydrogens is 368 g/mol. The quantitative estimate of drug-likeness (QED) is 0.571. The van der Waals surface area contributed by atoms with Crippen LogP contribution in [0.4, 0.5) is 11.4 Å². The van der Waals surface area contributed by atoms with Crippen molar-refractivity contribution >= 4 is 17.3 Å². The molecule has 3 rings (SSSR count). The Bertz CT molecular complexity index is 979. The van der Waals surface area contributed by atoms with Crippen LogP contribution < -0.4 is 20.1 Å². The lowest BCUT2D eigenvalue weighted by Gasteiger charge is -2.09. The third-order valence-corrected chi connectivity index (χ3v) is 4.03. The molecule has 0 bridgehead atoms. The Morgan fingerprint density at radius 3 is 2.31 bits per heavy atom. The maximum atomic E-state index is 12.3. The highest BCUT2D eigenvalue weighted by Crippen LogP contribution is 2.17. The van der Waals surface area contributed by atoms with Gasteiger partial charge >= 0.3 is 0 Å². The zero-order valence-electron chi connectivity index (χ0n) is 15.9. The Labute approximate surface area is 168 Å². The first-order valence-corrected chi connectivity index (χ1v) is 8.96. The van der Waals surface area contributed by atoms with Gasteiger partial charge in [0.1, 0.15) is 23.8 Å². The maximum absolute atomic E-state index is 12.3. The lowest BCUT2D eigenvalue weighted by atomic mass is 10.2. The number of carbonyl (C=O) groups excluding carboxylic acids is 1. The van der Waals surface area contributed by atoms with Crippen molar-refractivity contribution in [2.75, 3.05) is 30.9 Å². The maximum Gasteiger partial charge on any atom is 0.274 e. The van der Waals surface area contributed by atoms with E-state index in [4.69, 9.17) is 14.7 Å². The number of anilines is 2. The van der Waals surface area contributed by atoms with Crippen molar-refractivity contribution in [2.24, 2.45) is 0 Å². The summed E-state index contributed by atoms with van der Waals surface area (Å²) in [6, 6.07) is 19.5. The summed E-state index contributed by atoms with van der Waals surface area (Å²) in [5.41, 5.74) is 2.23. The van der Waals surface area contributed by atoms with Gasteiger partial charge in [-0.1, -0.05) is 0 Å². The Balaban J connectivity index is 1.45. The molecule has 2 N–H and O–H groups in total. The molecule has 0 spiro atoms. The third-order valence-electron chi connectivity index (χ3n) is 4.03. The molecule has 0 saturated carbocycles. The first-order chi connectivity index (χ1) is 14.2. The predicted octanol–water partition coefficient (Wildman–Crippen LogP) is 3.71. The number of carbonyl (C=O) groups is 1. The number of rotatable bonds is 8. The van der Waals surface area contributed by atoms with Gasteiger partial charge in [0, 0.05) is 12.2 Å². The Hall–Kier alpha value is -4.05. The average molecular weight is 388 g/mol. The smallest absolute Gasteiger partial charge is 0.274 e. The molecule has 7 nitrogen and oxygen atoms in total. The van der Waals surface area contributed by atoms with Crippen LogP contribution in [0.5, 0.6) is 11.5 Å². The minimum absolute atomic E-state index is 0.300. The lowest BCUT2D eigenvalue weighted by molar-refractivity contribution is 0.102. The van der Waals surface area contributed by atoms with Crippen LogP contribution in [0.15, 0.2) is 66.9 Å². The van der Waals surface area contributed by atoms with Gasteiger partial charge in [-0.3, -0.25) is 4.79 Å². The molecule has 1 aromatic heterocycles. The van der Waals surface area contributed by atoms with Gasteiger partial charge < -0.3 is 20.1 Å². The van der Waals surface area contributed by atoms with Gasteiger partial charge in [-0.25, -0.2) is 4.98 Å². The molecule has 0 aliphatic rings. The number of ether oxygens (including phenoxy) is 2. The molecule has 2 aromatic carbocycles. The molecule has 0 aliphatic carbocycles. The minimum Gasteiger partial charge on any atom is -0.497 e. The molecule has 1 heterocycles. The highest BCUT2D eigenvalue weighted by atomic mass is 16.5. The molecule has 0 aliphatic heterocycles. The SMILES string of the molecule is COc1ccc(OCCNc2ccc(C(=O)Nc3ccc(C#N)cc3)nc2)cc1. The topological polar surface area (TPSA) is 96.3 Å². The number of aromatic nitrogens is 1. The number of nitrogens with zero attached hydrogens (tertiary/aromatic N) is 2. The first-order valence-electron chi connectivity index (χ1n) is 8.96. The number of amides is 1. The average Bonchev–Trinajstić information content (AvgIpc) is 2.78. The van der Waals surface area contributed by atoms with E-state index in [9.17, 15) is 4.79 Å². The molecule has 0 radical (unpaired) electrons. The van der Waals surface area contributed by atoms with Gasteiger partial charge in [0.15, 0.2) is 0 Å². The van der Waals surface area contributed by atoms with Crippen molar-refractivity contribution in [3.05, 3.63) is 78.1 Å². The van der Waals surface area contributed by atoms with Crippen molar-refractivity contribution in [1.82, 2.24) is 4.98 Å². The van der Waals surface area contributed by atoms with Crippen LogP contribution in [0.3, 0.4) is 0 Å². The van der Waals surface area contributed by atoms with E-state index in [2.05, 4.69) is 15.6 Å². The summed E-state index contributed by atoms with van der Waals surface area (Å²) in [4.78, 5) is 16.4. The van der Waals surface area contributed by atoms with Crippen LogP contribution in [0.2, 0.25) is 0 Å². The summed E-state index contributed by atoms with van der Waals surface area (Å²) >= 11 is 0. The number of hydrogen-bond donors (Lipinski definition) is 2. The third kappa shape index (κ3) is 5.71. The van der Waals surface area contributed by atoms with Gasteiger partial charge in [0.2, 0.25) is 0 Å². The molecule has 29 heavy (non-hydrogen) atoms. The summed E-state index contributed by atoms with van der Waals surface area (Å²) in [7, 11) is 1.62. The number of methoxy groups -OCH3 is 1. The zero-order valence-corrected chi connectivity index (χ0v) is 15.9. The normalized spacial score (nSPS) is 9.93.